The first-order chi connectivity index (χ1) is 7.52. The average Bonchev–Trinajstić information content (AvgIpc) is 2.25. The number of hydrogen-bond donors (Lipinski definition) is 1. The first-order valence-corrected chi connectivity index (χ1v) is 6.29. The number of carbonyl (C=O) groups excluding carboxylic acids is 1. The van der Waals surface area contributed by atoms with E-state index < -0.39 is 12.0 Å². The molecule has 6 heteroatoms. The number of nitrogens with zero attached hydrogens (tertiary/aromatic N) is 1. The van der Waals surface area contributed by atoms with Crippen molar-refractivity contribution in [1.29, 1.82) is 0 Å². The van der Waals surface area contributed by atoms with E-state index in [2.05, 4.69) is 0 Å². The maximum absolute atomic E-state index is 11.8. The largest absolute Gasteiger partial charge is 0.480 e. The summed E-state index contributed by atoms with van der Waals surface area (Å²) in [6.07, 6.45) is 0. The van der Waals surface area contributed by atoms with Crippen LogP contribution >= 0.6 is 11.8 Å². The molecule has 0 bridgehead atoms. The van der Waals surface area contributed by atoms with Crippen LogP contribution in [0.4, 0.5) is 0 Å². The molecule has 5 nitrogen and oxygen atoms in total. The molecule has 0 saturated carbocycles. The summed E-state index contributed by atoms with van der Waals surface area (Å²) in [5.74, 6) is -0.779. The van der Waals surface area contributed by atoms with Crippen LogP contribution in [0.25, 0.3) is 0 Å². The lowest BCUT2D eigenvalue weighted by atomic mass is 10.2. The van der Waals surface area contributed by atoms with Gasteiger partial charge in [0.05, 0.1) is 19.0 Å². The summed E-state index contributed by atoms with van der Waals surface area (Å²) in [6.45, 7) is 4.89. The summed E-state index contributed by atoms with van der Waals surface area (Å²) in [7, 11) is 0. The van der Waals surface area contributed by atoms with Crippen LogP contribution in [0.1, 0.15) is 13.8 Å². The molecule has 1 N–H and O–H groups in total. The topological polar surface area (TPSA) is 66.8 Å². The quantitative estimate of drug-likeness (QED) is 0.781. The third kappa shape index (κ3) is 3.68. The van der Waals surface area contributed by atoms with Gasteiger partial charge < -0.3 is 14.7 Å². The van der Waals surface area contributed by atoms with Crippen molar-refractivity contribution in [1.82, 2.24) is 4.90 Å². The first-order valence-electron chi connectivity index (χ1n) is 5.24. The summed E-state index contributed by atoms with van der Waals surface area (Å²) >= 11 is 1.52. The Hall–Kier alpha value is -0.750. The molecule has 1 aliphatic heterocycles. The summed E-state index contributed by atoms with van der Waals surface area (Å²) in [5, 5.41) is 9.32. The molecule has 1 amide bonds. The Morgan fingerprint density at radius 3 is 2.81 bits per heavy atom. The predicted molar refractivity (Wildman–Crippen MR) is 61.5 cm³/mol. The van der Waals surface area contributed by atoms with Gasteiger partial charge in [0.2, 0.25) is 5.91 Å². The van der Waals surface area contributed by atoms with Crippen LogP contribution in [0.5, 0.6) is 0 Å². The number of aliphatic carboxylic acids is 1. The summed E-state index contributed by atoms with van der Waals surface area (Å²) < 4.78 is 5.07. The van der Waals surface area contributed by atoms with Crippen molar-refractivity contribution in [2.45, 2.75) is 25.1 Å². The Bertz CT molecular complexity index is 270. The van der Waals surface area contributed by atoms with Gasteiger partial charge in [-0.1, -0.05) is 13.8 Å². The monoisotopic (exact) mass is 247 g/mol. The van der Waals surface area contributed by atoms with Crippen molar-refractivity contribution in [3.63, 3.8) is 0 Å². The van der Waals surface area contributed by atoms with Gasteiger partial charge in [0.1, 0.15) is 0 Å². The molecule has 16 heavy (non-hydrogen) atoms. The van der Waals surface area contributed by atoms with Gasteiger partial charge in [-0.25, -0.2) is 4.79 Å². The minimum atomic E-state index is -0.998. The number of rotatable bonds is 4. The maximum Gasteiger partial charge on any atom is 0.328 e. The molecule has 1 heterocycles. The summed E-state index contributed by atoms with van der Waals surface area (Å²) in [5.41, 5.74) is 0. The fourth-order valence-electron chi connectivity index (χ4n) is 1.43. The second-order valence-electron chi connectivity index (χ2n) is 3.88. The Labute approximate surface area is 99.1 Å². The van der Waals surface area contributed by atoms with Crippen molar-refractivity contribution in [2.75, 3.05) is 25.5 Å². The van der Waals surface area contributed by atoms with E-state index in [1.165, 1.54) is 16.7 Å². The lowest BCUT2D eigenvalue weighted by molar-refractivity contribution is -0.157. The number of carbonyl (C=O) groups is 2. The second kappa shape index (κ2) is 6.10. The van der Waals surface area contributed by atoms with E-state index in [4.69, 9.17) is 9.84 Å². The van der Waals surface area contributed by atoms with Crippen molar-refractivity contribution in [2.24, 2.45) is 0 Å². The maximum atomic E-state index is 11.8. The van der Waals surface area contributed by atoms with Gasteiger partial charge in [-0.3, -0.25) is 4.79 Å². The molecule has 0 aliphatic carbocycles. The van der Waals surface area contributed by atoms with E-state index in [0.717, 1.165) is 0 Å². The van der Waals surface area contributed by atoms with Crippen molar-refractivity contribution in [3.05, 3.63) is 0 Å². The van der Waals surface area contributed by atoms with E-state index in [1.807, 2.05) is 13.8 Å². The fraction of sp³-hybridized carbons (Fsp3) is 0.800. The third-order valence-electron chi connectivity index (χ3n) is 2.27. The standard InChI is InChI=1S/C10H17NO4S/c1-7(2)16-6-9(12)11-3-4-15-5-8(11)10(13)14/h7-8H,3-6H2,1-2H3,(H,13,14). The van der Waals surface area contributed by atoms with Gasteiger partial charge in [-0.2, -0.15) is 0 Å². The Morgan fingerprint density at radius 1 is 1.56 bits per heavy atom. The fourth-order valence-corrected chi connectivity index (χ4v) is 2.07. The summed E-state index contributed by atoms with van der Waals surface area (Å²) in [6, 6.07) is -0.825. The normalized spacial score (nSPS) is 21.2. The number of hydrogen-bond acceptors (Lipinski definition) is 4. The molecule has 0 aromatic rings. The third-order valence-corrected chi connectivity index (χ3v) is 3.35. The van der Waals surface area contributed by atoms with Crippen molar-refractivity contribution >= 4 is 23.6 Å². The predicted octanol–water partition coefficient (Wildman–Crippen LogP) is 0.440. The number of amides is 1. The van der Waals surface area contributed by atoms with Crippen molar-refractivity contribution < 1.29 is 19.4 Å². The van der Waals surface area contributed by atoms with Gasteiger partial charge in [0.15, 0.2) is 6.04 Å². The molecular weight excluding hydrogens is 230 g/mol. The van der Waals surface area contributed by atoms with E-state index in [0.29, 0.717) is 24.2 Å². The van der Waals surface area contributed by atoms with Crippen LogP contribution in [0.3, 0.4) is 0 Å². The molecule has 0 spiro atoms. The average molecular weight is 247 g/mol. The highest BCUT2D eigenvalue weighted by Crippen LogP contribution is 2.13. The highest BCUT2D eigenvalue weighted by molar-refractivity contribution is 8.00. The second-order valence-corrected chi connectivity index (χ2v) is 5.44. The lowest BCUT2D eigenvalue weighted by Gasteiger charge is -2.32. The number of carboxylic acid groups (broad SMARTS) is 1. The van der Waals surface area contributed by atoms with Crippen LogP contribution in [-0.2, 0) is 14.3 Å². The van der Waals surface area contributed by atoms with E-state index in [-0.39, 0.29) is 12.5 Å². The van der Waals surface area contributed by atoms with E-state index in [1.54, 1.807) is 0 Å². The van der Waals surface area contributed by atoms with Crippen LogP contribution in [-0.4, -0.2) is 58.7 Å². The molecule has 1 aliphatic rings. The summed E-state index contributed by atoms with van der Waals surface area (Å²) in [4.78, 5) is 24.1. The zero-order valence-electron chi connectivity index (χ0n) is 9.51. The van der Waals surface area contributed by atoms with Gasteiger partial charge in [-0.15, -0.1) is 11.8 Å². The van der Waals surface area contributed by atoms with Crippen LogP contribution < -0.4 is 0 Å². The molecular formula is C10H17NO4S. The molecule has 1 atom stereocenters. The number of thioether (sulfide) groups is 1. The van der Waals surface area contributed by atoms with Gasteiger partial charge in [0.25, 0.3) is 0 Å². The molecule has 92 valence electrons. The van der Waals surface area contributed by atoms with Crippen LogP contribution in [0.2, 0.25) is 0 Å². The molecule has 1 rings (SSSR count). The minimum Gasteiger partial charge on any atom is -0.480 e. The Morgan fingerprint density at radius 2 is 2.25 bits per heavy atom. The van der Waals surface area contributed by atoms with Crippen LogP contribution in [0.15, 0.2) is 0 Å². The van der Waals surface area contributed by atoms with Gasteiger partial charge >= 0.3 is 5.97 Å². The highest BCUT2D eigenvalue weighted by Gasteiger charge is 2.32. The molecule has 0 aromatic carbocycles. The SMILES string of the molecule is CC(C)SCC(=O)N1CCOCC1C(=O)O. The zero-order chi connectivity index (χ0) is 12.1. The molecule has 1 saturated heterocycles. The van der Waals surface area contributed by atoms with Gasteiger partial charge in [0, 0.05) is 6.54 Å². The molecule has 1 unspecified atom stereocenters. The molecule has 1 fully saturated rings. The zero-order valence-corrected chi connectivity index (χ0v) is 10.3. The molecule has 0 radical (unpaired) electrons. The highest BCUT2D eigenvalue weighted by atomic mass is 32.2. The van der Waals surface area contributed by atoms with Crippen LogP contribution in [0, 0.1) is 0 Å². The smallest absolute Gasteiger partial charge is 0.328 e. The Kier molecular flexibility index (Phi) is 5.08. The van der Waals surface area contributed by atoms with Gasteiger partial charge in [-0.05, 0) is 5.25 Å². The lowest BCUT2D eigenvalue weighted by Crippen LogP contribution is -2.53. The number of ether oxygens (including phenoxy) is 1. The van der Waals surface area contributed by atoms with Crippen molar-refractivity contribution in [3.8, 4) is 0 Å². The molecule has 0 aromatic heterocycles. The van der Waals surface area contributed by atoms with E-state index >= 15 is 0 Å². The number of morpholine rings is 1. The van der Waals surface area contributed by atoms with E-state index in [9.17, 15) is 9.59 Å². The number of carboxylic acids is 1. The Balaban J connectivity index is 2.54. The minimum absolute atomic E-state index is 0.0907. The first kappa shape index (κ1) is 13.3.